The average Bonchev–Trinajstić information content (AvgIpc) is 2.95. The molecule has 1 aliphatic carbocycles. The van der Waals surface area contributed by atoms with Crippen molar-refractivity contribution < 1.29 is 9.59 Å². The number of carbonyl (C=O) groups is 2. The van der Waals surface area contributed by atoms with Gasteiger partial charge in [0.25, 0.3) is 0 Å². The lowest BCUT2D eigenvalue weighted by molar-refractivity contribution is -0.129. The van der Waals surface area contributed by atoms with E-state index in [1.165, 1.54) is 6.92 Å². The van der Waals surface area contributed by atoms with E-state index in [4.69, 9.17) is 0 Å². The third-order valence-corrected chi connectivity index (χ3v) is 2.35. The van der Waals surface area contributed by atoms with Crippen LogP contribution in [0.25, 0.3) is 0 Å². The molecule has 4 heteroatoms. The third kappa shape index (κ3) is 4.63. The number of amides is 2. The minimum Gasteiger partial charge on any atom is -0.353 e. The quantitative estimate of drug-likeness (QED) is 0.656. The highest BCUT2D eigenvalue weighted by Crippen LogP contribution is 2.18. The maximum Gasteiger partial charge on any atom is 0.221 e. The van der Waals surface area contributed by atoms with Crippen LogP contribution < -0.4 is 5.32 Å². The van der Waals surface area contributed by atoms with Crippen LogP contribution in [0.1, 0.15) is 26.2 Å². The highest BCUT2D eigenvalue weighted by molar-refractivity contribution is 5.78. The Morgan fingerprint density at radius 3 is 2.67 bits per heavy atom. The smallest absolute Gasteiger partial charge is 0.221 e. The van der Waals surface area contributed by atoms with Crippen molar-refractivity contribution in [2.75, 3.05) is 13.1 Å². The molecule has 84 valence electrons. The van der Waals surface area contributed by atoms with Crippen molar-refractivity contribution in [1.29, 1.82) is 0 Å². The summed E-state index contributed by atoms with van der Waals surface area (Å²) in [5.74, 6) is 0.0157. The van der Waals surface area contributed by atoms with Crippen molar-refractivity contribution in [3.8, 4) is 0 Å². The second-order valence-electron chi connectivity index (χ2n) is 3.85. The van der Waals surface area contributed by atoms with Crippen molar-refractivity contribution in [3.63, 3.8) is 0 Å². The first kappa shape index (κ1) is 11.8. The maximum absolute atomic E-state index is 11.3. The fourth-order valence-corrected chi connectivity index (χ4v) is 1.30. The number of hydrogen-bond donors (Lipinski definition) is 1. The summed E-state index contributed by atoms with van der Waals surface area (Å²) in [6, 6.07) is 0.391. The molecular weight excluding hydrogens is 192 g/mol. The average molecular weight is 210 g/mol. The van der Waals surface area contributed by atoms with Gasteiger partial charge >= 0.3 is 0 Å². The van der Waals surface area contributed by atoms with Crippen LogP contribution >= 0.6 is 0 Å². The highest BCUT2D eigenvalue weighted by Gasteiger charge is 2.23. The number of nitrogens with one attached hydrogen (secondary N) is 1. The largest absolute Gasteiger partial charge is 0.353 e. The zero-order valence-corrected chi connectivity index (χ0v) is 9.16. The van der Waals surface area contributed by atoms with Crippen molar-refractivity contribution >= 4 is 11.8 Å². The van der Waals surface area contributed by atoms with E-state index in [9.17, 15) is 9.59 Å². The molecule has 0 atom stereocenters. The Hall–Kier alpha value is -1.32. The van der Waals surface area contributed by atoms with E-state index in [-0.39, 0.29) is 11.8 Å². The molecule has 1 rings (SSSR count). The first-order chi connectivity index (χ1) is 7.13. The van der Waals surface area contributed by atoms with Gasteiger partial charge in [-0.05, 0) is 12.8 Å². The lowest BCUT2D eigenvalue weighted by atomic mass is 10.3. The van der Waals surface area contributed by atoms with Crippen LogP contribution in [-0.4, -0.2) is 35.8 Å². The molecule has 0 saturated heterocycles. The number of carbonyl (C=O) groups excluding carboxylic acids is 2. The summed E-state index contributed by atoms with van der Waals surface area (Å²) >= 11 is 0. The molecule has 0 spiro atoms. The molecule has 0 aromatic rings. The number of rotatable bonds is 6. The Morgan fingerprint density at radius 2 is 2.20 bits per heavy atom. The molecule has 1 N–H and O–H groups in total. The Kier molecular flexibility index (Phi) is 4.34. The lowest BCUT2D eigenvalue weighted by Crippen LogP contribution is -2.34. The summed E-state index contributed by atoms with van der Waals surface area (Å²) in [6.07, 6.45) is 4.23. The van der Waals surface area contributed by atoms with Crippen molar-refractivity contribution in [3.05, 3.63) is 12.7 Å². The van der Waals surface area contributed by atoms with Crippen LogP contribution in [0.4, 0.5) is 0 Å². The molecule has 4 nitrogen and oxygen atoms in total. The SMILES string of the molecule is C=CCN(CCC(=O)NC1CC1)C(C)=O. The van der Waals surface area contributed by atoms with Gasteiger partial charge in [0.2, 0.25) is 11.8 Å². The molecule has 1 aliphatic rings. The fraction of sp³-hybridized carbons (Fsp3) is 0.636. The van der Waals surface area contributed by atoms with Crippen molar-refractivity contribution in [1.82, 2.24) is 10.2 Å². The predicted octanol–water partition coefficient (Wildman–Crippen LogP) is 0.690. The van der Waals surface area contributed by atoms with Gasteiger partial charge in [-0.3, -0.25) is 9.59 Å². The Labute approximate surface area is 90.3 Å². The zero-order chi connectivity index (χ0) is 11.3. The maximum atomic E-state index is 11.3. The minimum atomic E-state index is -0.0193. The van der Waals surface area contributed by atoms with Gasteiger partial charge in [0.1, 0.15) is 0 Å². The van der Waals surface area contributed by atoms with E-state index < -0.39 is 0 Å². The van der Waals surface area contributed by atoms with Crippen LogP contribution in [-0.2, 0) is 9.59 Å². The molecule has 0 unspecified atom stereocenters. The first-order valence-corrected chi connectivity index (χ1v) is 5.29. The van der Waals surface area contributed by atoms with Gasteiger partial charge in [-0.2, -0.15) is 0 Å². The van der Waals surface area contributed by atoms with Gasteiger partial charge < -0.3 is 10.2 Å². The van der Waals surface area contributed by atoms with Crippen LogP contribution in [0.3, 0.4) is 0 Å². The lowest BCUT2D eigenvalue weighted by Gasteiger charge is -2.18. The molecule has 1 fully saturated rings. The zero-order valence-electron chi connectivity index (χ0n) is 9.16. The molecule has 0 radical (unpaired) electrons. The van der Waals surface area contributed by atoms with E-state index in [0.717, 1.165) is 12.8 Å². The second kappa shape index (κ2) is 5.53. The van der Waals surface area contributed by atoms with E-state index in [1.807, 2.05) is 0 Å². The van der Waals surface area contributed by atoms with E-state index in [1.54, 1.807) is 11.0 Å². The van der Waals surface area contributed by atoms with Crippen LogP contribution in [0.15, 0.2) is 12.7 Å². The fourth-order valence-electron chi connectivity index (χ4n) is 1.30. The summed E-state index contributed by atoms with van der Waals surface area (Å²) in [4.78, 5) is 24.1. The summed E-state index contributed by atoms with van der Waals surface area (Å²) in [5, 5.41) is 2.89. The van der Waals surface area contributed by atoms with Crippen molar-refractivity contribution in [2.24, 2.45) is 0 Å². The van der Waals surface area contributed by atoms with Crippen LogP contribution in [0, 0.1) is 0 Å². The van der Waals surface area contributed by atoms with Crippen molar-refractivity contribution in [2.45, 2.75) is 32.2 Å². The standard InChI is InChI=1S/C11H18N2O2/c1-3-7-13(9(2)14)8-6-11(15)12-10-4-5-10/h3,10H,1,4-8H2,2H3,(H,12,15). The highest BCUT2D eigenvalue weighted by atomic mass is 16.2. The van der Waals surface area contributed by atoms with Gasteiger partial charge in [0, 0.05) is 32.5 Å². The molecule has 0 aliphatic heterocycles. The summed E-state index contributed by atoms with van der Waals surface area (Å²) in [6.45, 7) is 6.05. The minimum absolute atomic E-state index is 0.0193. The first-order valence-electron chi connectivity index (χ1n) is 5.29. The van der Waals surface area contributed by atoms with Gasteiger partial charge in [-0.15, -0.1) is 6.58 Å². The predicted molar refractivity (Wildman–Crippen MR) is 58.2 cm³/mol. The number of hydrogen-bond acceptors (Lipinski definition) is 2. The van der Waals surface area contributed by atoms with Crippen LogP contribution in [0.5, 0.6) is 0 Å². The Balaban J connectivity index is 2.21. The van der Waals surface area contributed by atoms with Gasteiger partial charge in [0.05, 0.1) is 0 Å². The summed E-state index contributed by atoms with van der Waals surface area (Å²) < 4.78 is 0. The van der Waals surface area contributed by atoms with Gasteiger partial charge in [-0.25, -0.2) is 0 Å². The number of nitrogens with zero attached hydrogens (tertiary/aromatic N) is 1. The van der Waals surface area contributed by atoms with Crippen LogP contribution in [0.2, 0.25) is 0 Å². The molecule has 1 saturated carbocycles. The molecule has 0 aromatic carbocycles. The molecule has 2 amide bonds. The van der Waals surface area contributed by atoms with E-state index in [2.05, 4.69) is 11.9 Å². The third-order valence-electron chi connectivity index (χ3n) is 2.35. The summed E-state index contributed by atoms with van der Waals surface area (Å²) in [5.41, 5.74) is 0. The monoisotopic (exact) mass is 210 g/mol. The van der Waals surface area contributed by atoms with E-state index in [0.29, 0.717) is 25.6 Å². The summed E-state index contributed by atoms with van der Waals surface area (Å²) in [7, 11) is 0. The normalized spacial score (nSPS) is 14.5. The Morgan fingerprint density at radius 1 is 1.53 bits per heavy atom. The molecule has 0 bridgehead atoms. The van der Waals surface area contributed by atoms with E-state index >= 15 is 0 Å². The molecule has 0 heterocycles. The second-order valence-corrected chi connectivity index (χ2v) is 3.85. The van der Waals surface area contributed by atoms with Gasteiger partial charge in [-0.1, -0.05) is 6.08 Å². The Bertz CT molecular complexity index is 259. The van der Waals surface area contributed by atoms with Gasteiger partial charge in [0.15, 0.2) is 0 Å². The topological polar surface area (TPSA) is 49.4 Å². The molecule has 0 aromatic heterocycles. The molecule has 15 heavy (non-hydrogen) atoms. The molecular formula is C11H18N2O2.